The van der Waals surface area contributed by atoms with E-state index in [2.05, 4.69) is 105 Å². The van der Waals surface area contributed by atoms with Gasteiger partial charge in [-0.1, -0.05) is 81.4 Å². The zero-order valence-electron chi connectivity index (χ0n) is 19.1. The van der Waals surface area contributed by atoms with E-state index in [-0.39, 0.29) is 5.41 Å². The molecule has 2 aromatic heterocycles. The normalized spacial score (nSPS) is 12.1. The first kappa shape index (κ1) is 19.7. The van der Waals surface area contributed by atoms with E-state index >= 15 is 0 Å². The second-order valence-corrected chi connectivity index (χ2v) is 9.69. The third-order valence-corrected chi connectivity index (χ3v) is 6.45. The van der Waals surface area contributed by atoms with E-state index in [0.29, 0.717) is 0 Å². The average molecular weight is 428 g/mol. The fourth-order valence-corrected chi connectivity index (χ4v) is 4.63. The summed E-state index contributed by atoms with van der Waals surface area (Å²) in [4.78, 5) is 9.70. The molecular weight excluding hydrogens is 402 g/mol. The van der Waals surface area contributed by atoms with Crippen molar-refractivity contribution in [1.29, 1.82) is 0 Å². The van der Waals surface area contributed by atoms with Crippen LogP contribution >= 0.6 is 0 Å². The largest absolute Gasteiger partial charge is 0.352 e. The summed E-state index contributed by atoms with van der Waals surface area (Å²) in [5, 5.41) is 10.8. The lowest BCUT2D eigenvalue weighted by molar-refractivity contribution is 0.591. The minimum atomic E-state index is 0.00870. The maximum atomic E-state index is 4.88. The van der Waals surface area contributed by atoms with Crippen LogP contribution in [0.15, 0.2) is 91.3 Å². The number of para-hydroxylation sites is 1. The van der Waals surface area contributed by atoms with Gasteiger partial charge in [-0.05, 0) is 39.9 Å². The Labute approximate surface area is 193 Å². The minimum Gasteiger partial charge on any atom is -0.352 e. The molecule has 3 heteroatoms. The van der Waals surface area contributed by atoms with E-state index in [1.54, 1.807) is 0 Å². The maximum absolute atomic E-state index is 4.88. The molecule has 3 nitrogen and oxygen atoms in total. The summed E-state index contributed by atoms with van der Waals surface area (Å²) in [5.74, 6) is 0. The quantitative estimate of drug-likeness (QED) is 0.283. The minimum absolute atomic E-state index is 0.00870. The van der Waals surface area contributed by atoms with Gasteiger partial charge in [-0.25, -0.2) is 0 Å². The van der Waals surface area contributed by atoms with Gasteiger partial charge in [0.05, 0.1) is 22.4 Å². The highest BCUT2D eigenvalue weighted by Gasteiger charge is 2.18. The predicted octanol–water partition coefficient (Wildman–Crippen LogP) is 8.13. The summed E-state index contributed by atoms with van der Waals surface area (Å²) in [6.07, 6.45) is 3.92. The van der Waals surface area contributed by atoms with Crippen LogP contribution in [0.1, 0.15) is 26.3 Å². The lowest BCUT2D eigenvalue weighted by Gasteiger charge is -2.22. The Morgan fingerprint density at radius 3 is 1.82 bits per heavy atom. The number of pyridine rings is 2. The van der Waals surface area contributed by atoms with Crippen LogP contribution in [0, 0.1) is 0 Å². The SMILES string of the molecule is CC(C)(C)c1cc(Nc2cccc3c2ncc2ccccc23)c2ncc3ccccc3c2c1. The molecule has 6 rings (SSSR count). The zero-order chi connectivity index (χ0) is 22.6. The number of aromatic nitrogens is 2. The molecular formula is C30H25N3. The fraction of sp³-hybridized carbons (Fsp3) is 0.133. The average Bonchev–Trinajstić information content (AvgIpc) is 2.83. The molecule has 0 unspecified atom stereocenters. The van der Waals surface area contributed by atoms with Crippen LogP contribution in [0.2, 0.25) is 0 Å². The lowest BCUT2D eigenvalue weighted by atomic mass is 9.85. The molecule has 0 spiro atoms. The van der Waals surface area contributed by atoms with Crippen LogP contribution in [0.3, 0.4) is 0 Å². The van der Waals surface area contributed by atoms with Crippen molar-refractivity contribution in [3.63, 3.8) is 0 Å². The molecule has 6 aromatic rings. The van der Waals surface area contributed by atoms with Gasteiger partial charge >= 0.3 is 0 Å². The van der Waals surface area contributed by atoms with Gasteiger partial charge in [0, 0.05) is 33.9 Å². The number of benzene rings is 4. The molecule has 0 aliphatic rings. The highest BCUT2D eigenvalue weighted by Crippen LogP contribution is 2.37. The Balaban J connectivity index is 1.61. The second-order valence-electron chi connectivity index (χ2n) is 9.69. The molecule has 0 saturated carbocycles. The summed E-state index contributed by atoms with van der Waals surface area (Å²) in [6.45, 7) is 6.76. The van der Waals surface area contributed by atoms with Gasteiger partial charge in [0.2, 0.25) is 0 Å². The molecule has 0 saturated heterocycles. The molecule has 0 amide bonds. The van der Waals surface area contributed by atoms with Crippen LogP contribution in [-0.4, -0.2) is 9.97 Å². The van der Waals surface area contributed by atoms with Crippen LogP contribution in [-0.2, 0) is 5.41 Å². The fourth-order valence-electron chi connectivity index (χ4n) is 4.63. The highest BCUT2D eigenvalue weighted by molar-refractivity contribution is 6.12. The second kappa shape index (κ2) is 7.28. The van der Waals surface area contributed by atoms with Crippen molar-refractivity contribution in [2.45, 2.75) is 26.2 Å². The first-order valence-electron chi connectivity index (χ1n) is 11.3. The summed E-state index contributed by atoms with van der Waals surface area (Å²) in [5.41, 5.74) is 5.21. The third-order valence-electron chi connectivity index (χ3n) is 6.45. The van der Waals surface area contributed by atoms with Crippen molar-refractivity contribution < 1.29 is 0 Å². The van der Waals surface area contributed by atoms with Gasteiger partial charge in [0.1, 0.15) is 0 Å². The molecule has 1 N–H and O–H groups in total. The first-order chi connectivity index (χ1) is 16.0. The van der Waals surface area contributed by atoms with Crippen LogP contribution < -0.4 is 5.32 Å². The summed E-state index contributed by atoms with van der Waals surface area (Å²) >= 11 is 0. The highest BCUT2D eigenvalue weighted by atomic mass is 14.9. The van der Waals surface area contributed by atoms with E-state index in [1.165, 1.54) is 21.7 Å². The Hall–Kier alpha value is -3.98. The predicted molar refractivity (Wildman–Crippen MR) is 140 cm³/mol. The zero-order valence-corrected chi connectivity index (χ0v) is 19.1. The van der Waals surface area contributed by atoms with Crippen LogP contribution in [0.25, 0.3) is 43.4 Å². The maximum Gasteiger partial charge on any atom is 0.0943 e. The Kier molecular flexibility index (Phi) is 4.34. The number of rotatable bonds is 2. The topological polar surface area (TPSA) is 37.8 Å². The van der Waals surface area contributed by atoms with Gasteiger partial charge in [-0.15, -0.1) is 0 Å². The van der Waals surface area contributed by atoms with E-state index in [4.69, 9.17) is 9.97 Å². The molecule has 0 aliphatic heterocycles. The molecule has 0 bridgehead atoms. The van der Waals surface area contributed by atoms with Crippen molar-refractivity contribution >= 4 is 54.7 Å². The summed E-state index contributed by atoms with van der Waals surface area (Å²) in [7, 11) is 0. The van der Waals surface area contributed by atoms with Gasteiger partial charge in [0.15, 0.2) is 0 Å². The van der Waals surface area contributed by atoms with Gasteiger partial charge in [0.25, 0.3) is 0 Å². The van der Waals surface area contributed by atoms with Crippen molar-refractivity contribution in [2.24, 2.45) is 0 Å². The standard InChI is InChI=1S/C30H25N3/c1-30(2,3)21-15-25-23-12-7-5-10-20(23)18-32-29(25)27(16-21)33-26-14-8-13-24-22-11-6-4-9-19(22)17-31-28(24)26/h4-18,33H,1-3H3. The van der Waals surface area contributed by atoms with E-state index in [1.807, 2.05) is 12.4 Å². The summed E-state index contributed by atoms with van der Waals surface area (Å²) < 4.78 is 0. The molecule has 0 atom stereocenters. The molecule has 0 radical (unpaired) electrons. The van der Waals surface area contributed by atoms with E-state index in [0.717, 1.165) is 38.6 Å². The summed E-state index contributed by atoms with van der Waals surface area (Å²) in [6, 6.07) is 27.7. The number of nitrogens with one attached hydrogen (secondary N) is 1. The first-order valence-corrected chi connectivity index (χ1v) is 11.3. The number of anilines is 2. The van der Waals surface area contributed by atoms with Crippen molar-refractivity contribution in [3.8, 4) is 0 Å². The number of nitrogens with zero attached hydrogens (tertiary/aromatic N) is 2. The van der Waals surface area contributed by atoms with Gasteiger partial charge in [-0.3, -0.25) is 9.97 Å². The van der Waals surface area contributed by atoms with Crippen molar-refractivity contribution in [3.05, 3.63) is 96.8 Å². The number of hydrogen-bond donors (Lipinski definition) is 1. The molecule has 4 aromatic carbocycles. The molecule has 0 aliphatic carbocycles. The molecule has 0 fully saturated rings. The van der Waals surface area contributed by atoms with Crippen LogP contribution in [0.5, 0.6) is 0 Å². The Morgan fingerprint density at radius 2 is 1.15 bits per heavy atom. The van der Waals surface area contributed by atoms with Gasteiger partial charge < -0.3 is 5.32 Å². The Bertz CT molecular complexity index is 1680. The lowest BCUT2D eigenvalue weighted by Crippen LogP contribution is -2.11. The van der Waals surface area contributed by atoms with Crippen LogP contribution in [0.4, 0.5) is 11.4 Å². The third kappa shape index (κ3) is 3.28. The van der Waals surface area contributed by atoms with Crippen molar-refractivity contribution in [1.82, 2.24) is 9.97 Å². The molecule has 2 heterocycles. The van der Waals surface area contributed by atoms with E-state index < -0.39 is 0 Å². The molecule has 160 valence electrons. The van der Waals surface area contributed by atoms with E-state index in [9.17, 15) is 0 Å². The Morgan fingerprint density at radius 1 is 0.576 bits per heavy atom. The van der Waals surface area contributed by atoms with Gasteiger partial charge in [-0.2, -0.15) is 0 Å². The number of hydrogen-bond acceptors (Lipinski definition) is 3. The monoisotopic (exact) mass is 427 g/mol. The van der Waals surface area contributed by atoms with Crippen molar-refractivity contribution in [2.75, 3.05) is 5.32 Å². The molecule has 33 heavy (non-hydrogen) atoms. The number of fused-ring (bicyclic) bond motifs is 6. The smallest absolute Gasteiger partial charge is 0.0943 e.